The molecule has 4 heterocycles. The maximum absolute atomic E-state index is 12.8. The normalized spacial score (nSPS) is 17.9. The lowest BCUT2D eigenvalue weighted by Crippen LogP contribution is -2.43. The third-order valence-corrected chi connectivity index (χ3v) is 7.85. The van der Waals surface area contributed by atoms with Crippen molar-refractivity contribution in [3.63, 3.8) is 0 Å². The number of benzene rings is 1. The fourth-order valence-electron chi connectivity index (χ4n) is 5.66. The van der Waals surface area contributed by atoms with Gasteiger partial charge in [0, 0.05) is 32.1 Å². The van der Waals surface area contributed by atoms with Gasteiger partial charge >= 0.3 is 0 Å². The van der Waals surface area contributed by atoms with Gasteiger partial charge in [-0.15, -0.1) is 5.10 Å². The van der Waals surface area contributed by atoms with E-state index in [-0.39, 0.29) is 11.8 Å². The Morgan fingerprint density at radius 3 is 2.33 bits per heavy atom. The molecule has 2 aliphatic heterocycles. The molecular formula is C28H39N7O. The number of anilines is 1. The molecule has 0 saturated carbocycles. The molecule has 0 radical (unpaired) electrons. The maximum atomic E-state index is 12.8. The zero-order valence-electron chi connectivity index (χ0n) is 22.0. The van der Waals surface area contributed by atoms with Crippen LogP contribution in [0.3, 0.4) is 0 Å². The molecule has 0 spiro atoms. The number of nitrogens with one attached hydrogen (secondary N) is 1. The summed E-state index contributed by atoms with van der Waals surface area (Å²) in [5, 5.41) is 18.3. The minimum absolute atomic E-state index is 0.0612. The van der Waals surface area contributed by atoms with Crippen molar-refractivity contribution in [3.05, 3.63) is 41.2 Å². The molecule has 2 fully saturated rings. The summed E-state index contributed by atoms with van der Waals surface area (Å²) in [6, 6.07) is 8.41. The third kappa shape index (κ3) is 5.24. The standard InChI is InChI=1S/C28H39N7O/c1-20-8-10-24(11-9-20)35-22(3)25-21(2)30-31-27(26(25)32-35)34-17-12-23(13-18-34)28(36)29-14-19-33-15-6-4-5-7-16-33/h8-11,23H,4-7,12-19H2,1-3H3,(H,29,36). The van der Waals surface area contributed by atoms with Gasteiger partial charge in [0.25, 0.3) is 0 Å². The third-order valence-electron chi connectivity index (χ3n) is 7.85. The molecule has 0 atom stereocenters. The van der Waals surface area contributed by atoms with Crippen LogP contribution in [0.4, 0.5) is 5.82 Å². The molecule has 192 valence electrons. The summed E-state index contributed by atoms with van der Waals surface area (Å²) in [7, 11) is 0. The number of amides is 1. The summed E-state index contributed by atoms with van der Waals surface area (Å²) in [5.41, 5.74) is 5.11. The molecular weight excluding hydrogens is 450 g/mol. The predicted molar refractivity (Wildman–Crippen MR) is 144 cm³/mol. The monoisotopic (exact) mass is 489 g/mol. The Morgan fingerprint density at radius 1 is 0.944 bits per heavy atom. The highest BCUT2D eigenvalue weighted by Gasteiger charge is 2.28. The Kier molecular flexibility index (Phi) is 7.51. The topological polar surface area (TPSA) is 79.2 Å². The van der Waals surface area contributed by atoms with Crippen LogP contribution in [0, 0.1) is 26.7 Å². The van der Waals surface area contributed by atoms with E-state index in [9.17, 15) is 4.79 Å². The van der Waals surface area contributed by atoms with Gasteiger partial charge in [-0.05, 0) is 71.7 Å². The SMILES string of the molecule is Cc1ccc(-n2nc3c(N4CCC(C(=O)NCCN5CCCCCC5)CC4)nnc(C)c3c2C)cc1. The van der Waals surface area contributed by atoms with Crippen molar-refractivity contribution in [1.29, 1.82) is 0 Å². The smallest absolute Gasteiger partial charge is 0.223 e. The Hall–Kier alpha value is -3.00. The van der Waals surface area contributed by atoms with Gasteiger partial charge in [0.2, 0.25) is 5.91 Å². The quantitative estimate of drug-likeness (QED) is 0.565. The number of hydrogen-bond donors (Lipinski definition) is 1. The number of carbonyl (C=O) groups excluding carboxylic acids is 1. The molecule has 2 saturated heterocycles. The van der Waals surface area contributed by atoms with Gasteiger partial charge in [0.15, 0.2) is 5.82 Å². The van der Waals surface area contributed by atoms with E-state index >= 15 is 0 Å². The van der Waals surface area contributed by atoms with Crippen LogP contribution in [0.2, 0.25) is 0 Å². The molecule has 0 unspecified atom stereocenters. The first-order valence-electron chi connectivity index (χ1n) is 13.6. The molecule has 0 bridgehead atoms. The van der Waals surface area contributed by atoms with Crippen molar-refractivity contribution in [1.82, 2.24) is 30.2 Å². The second-order valence-corrected chi connectivity index (χ2v) is 10.5. The molecule has 5 rings (SSSR count). The summed E-state index contributed by atoms with van der Waals surface area (Å²) >= 11 is 0. The van der Waals surface area contributed by atoms with E-state index in [0.29, 0.717) is 0 Å². The fraction of sp³-hybridized carbons (Fsp3) is 0.571. The number of likely N-dealkylation sites (tertiary alicyclic amines) is 1. The minimum atomic E-state index is 0.0612. The van der Waals surface area contributed by atoms with Crippen molar-refractivity contribution < 1.29 is 4.79 Å². The van der Waals surface area contributed by atoms with Crippen LogP contribution in [0.5, 0.6) is 0 Å². The molecule has 1 N–H and O–H groups in total. The summed E-state index contributed by atoms with van der Waals surface area (Å²) < 4.78 is 1.99. The van der Waals surface area contributed by atoms with Gasteiger partial charge < -0.3 is 15.1 Å². The molecule has 2 aromatic heterocycles. The average Bonchev–Trinajstić information content (AvgIpc) is 3.05. The van der Waals surface area contributed by atoms with E-state index in [1.807, 2.05) is 11.6 Å². The van der Waals surface area contributed by atoms with Crippen LogP contribution >= 0.6 is 0 Å². The number of hydrogen-bond acceptors (Lipinski definition) is 6. The second kappa shape index (κ2) is 10.9. The number of piperidine rings is 1. The van der Waals surface area contributed by atoms with Crippen LogP contribution in [-0.4, -0.2) is 70.1 Å². The highest BCUT2D eigenvalue weighted by molar-refractivity contribution is 5.92. The average molecular weight is 490 g/mol. The molecule has 1 aromatic carbocycles. The molecule has 3 aromatic rings. The van der Waals surface area contributed by atoms with Gasteiger partial charge in [-0.25, -0.2) is 4.68 Å². The largest absolute Gasteiger partial charge is 0.355 e. The van der Waals surface area contributed by atoms with Gasteiger partial charge in [-0.2, -0.15) is 10.2 Å². The van der Waals surface area contributed by atoms with E-state index in [1.165, 1.54) is 44.3 Å². The summed E-state index contributed by atoms with van der Waals surface area (Å²) in [6.45, 7) is 11.8. The van der Waals surface area contributed by atoms with Crippen molar-refractivity contribution >= 4 is 22.6 Å². The van der Waals surface area contributed by atoms with Gasteiger partial charge in [0.05, 0.1) is 22.5 Å². The van der Waals surface area contributed by atoms with Crippen molar-refractivity contribution in [2.75, 3.05) is 44.2 Å². The van der Waals surface area contributed by atoms with Gasteiger partial charge in [-0.3, -0.25) is 4.79 Å². The lowest BCUT2D eigenvalue weighted by Gasteiger charge is -2.32. The number of fused-ring (bicyclic) bond motifs is 1. The Labute approximate surface area is 214 Å². The van der Waals surface area contributed by atoms with E-state index in [1.54, 1.807) is 0 Å². The Bertz CT molecular complexity index is 1190. The number of nitrogens with zero attached hydrogens (tertiary/aromatic N) is 6. The minimum Gasteiger partial charge on any atom is -0.355 e. The lowest BCUT2D eigenvalue weighted by molar-refractivity contribution is -0.125. The molecule has 8 heteroatoms. The molecule has 2 aliphatic rings. The number of carbonyl (C=O) groups is 1. The van der Waals surface area contributed by atoms with Crippen molar-refractivity contribution in [3.8, 4) is 5.69 Å². The van der Waals surface area contributed by atoms with Crippen LogP contribution < -0.4 is 10.2 Å². The zero-order chi connectivity index (χ0) is 25.1. The van der Waals surface area contributed by atoms with Crippen molar-refractivity contribution in [2.45, 2.75) is 59.3 Å². The first-order valence-corrected chi connectivity index (χ1v) is 13.6. The number of aromatic nitrogens is 4. The van der Waals surface area contributed by atoms with Gasteiger partial charge in [-0.1, -0.05) is 30.5 Å². The van der Waals surface area contributed by atoms with E-state index < -0.39 is 0 Å². The zero-order valence-corrected chi connectivity index (χ0v) is 22.0. The highest BCUT2D eigenvalue weighted by atomic mass is 16.1. The Balaban J connectivity index is 1.24. The first-order chi connectivity index (χ1) is 17.5. The number of rotatable bonds is 6. The van der Waals surface area contributed by atoms with Crippen LogP contribution in [0.1, 0.15) is 55.5 Å². The van der Waals surface area contributed by atoms with Crippen molar-refractivity contribution in [2.24, 2.45) is 5.92 Å². The van der Waals surface area contributed by atoms with Crippen LogP contribution in [-0.2, 0) is 4.79 Å². The van der Waals surface area contributed by atoms with Crippen LogP contribution in [0.15, 0.2) is 24.3 Å². The highest BCUT2D eigenvalue weighted by Crippen LogP contribution is 2.31. The van der Waals surface area contributed by atoms with Gasteiger partial charge in [0.1, 0.15) is 5.52 Å². The molecule has 0 aliphatic carbocycles. The van der Waals surface area contributed by atoms with E-state index in [2.05, 4.69) is 63.4 Å². The molecule has 8 nitrogen and oxygen atoms in total. The molecule has 36 heavy (non-hydrogen) atoms. The van der Waals surface area contributed by atoms with Crippen LogP contribution in [0.25, 0.3) is 16.6 Å². The van der Waals surface area contributed by atoms with E-state index in [4.69, 9.17) is 5.10 Å². The van der Waals surface area contributed by atoms with E-state index in [0.717, 1.165) is 72.8 Å². The fourth-order valence-corrected chi connectivity index (χ4v) is 5.66. The second-order valence-electron chi connectivity index (χ2n) is 10.5. The lowest BCUT2D eigenvalue weighted by atomic mass is 9.96. The number of aryl methyl sites for hydroxylation is 3. The summed E-state index contributed by atoms with van der Waals surface area (Å²) in [5.74, 6) is 1.08. The summed E-state index contributed by atoms with van der Waals surface area (Å²) in [4.78, 5) is 17.6. The maximum Gasteiger partial charge on any atom is 0.223 e. The molecule has 1 amide bonds. The predicted octanol–water partition coefficient (Wildman–Crippen LogP) is 3.95. The Morgan fingerprint density at radius 2 is 1.64 bits per heavy atom. The summed E-state index contributed by atoms with van der Waals surface area (Å²) in [6.07, 6.45) is 6.89. The first kappa shape index (κ1) is 24.7.